The number of benzene rings is 1. The number of esters is 2. The van der Waals surface area contributed by atoms with E-state index < -0.39 is 41.5 Å². The minimum absolute atomic E-state index is 0.176. The number of carbonyl (C=O) groups excluding carboxylic acids is 3. The average Bonchev–Trinajstić information content (AvgIpc) is 2.98. The Morgan fingerprint density at radius 3 is 2.34 bits per heavy atom. The zero-order chi connectivity index (χ0) is 21.5. The molecule has 6 nitrogen and oxygen atoms in total. The highest BCUT2D eigenvalue weighted by Gasteiger charge is 2.45. The maximum Gasteiger partial charge on any atom is 0.454 e. The van der Waals surface area contributed by atoms with E-state index in [1.807, 2.05) is 0 Å². The van der Waals surface area contributed by atoms with Gasteiger partial charge < -0.3 is 14.8 Å². The maximum atomic E-state index is 12.7. The summed E-state index contributed by atoms with van der Waals surface area (Å²) in [4.78, 5) is 36.4. The predicted molar refractivity (Wildman–Crippen MR) is 94.6 cm³/mol. The summed E-state index contributed by atoms with van der Waals surface area (Å²) >= 11 is 0. The second kappa shape index (κ2) is 7.38. The molecular weight excluding hydrogens is 391 g/mol. The fraction of sp³-hybridized carbons (Fsp3) is 0.350. The van der Waals surface area contributed by atoms with E-state index in [1.165, 1.54) is 19.2 Å². The van der Waals surface area contributed by atoms with E-state index in [1.54, 1.807) is 13.8 Å². The van der Waals surface area contributed by atoms with Gasteiger partial charge in [-0.15, -0.1) is 0 Å². The fourth-order valence-electron chi connectivity index (χ4n) is 3.56. The average molecular weight is 409 g/mol. The van der Waals surface area contributed by atoms with Crippen LogP contribution in [0.1, 0.15) is 42.1 Å². The van der Waals surface area contributed by atoms with E-state index in [4.69, 9.17) is 9.47 Å². The summed E-state index contributed by atoms with van der Waals surface area (Å²) in [6.07, 6.45) is -5.14. The lowest BCUT2D eigenvalue weighted by Crippen LogP contribution is -2.32. The molecule has 2 unspecified atom stereocenters. The first kappa shape index (κ1) is 20.6. The van der Waals surface area contributed by atoms with Crippen LogP contribution < -0.4 is 5.32 Å². The number of carbonyl (C=O) groups is 3. The van der Waals surface area contributed by atoms with Crippen LogP contribution in [0.3, 0.4) is 0 Å². The number of hydrogen-bond acceptors (Lipinski definition) is 6. The molecule has 1 aromatic carbocycles. The number of alkyl halides is 3. The molecule has 0 radical (unpaired) electrons. The number of Topliss-reactive ketones (excluding diaryl/α,β-unsaturated/α-hetero) is 1. The van der Waals surface area contributed by atoms with Gasteiger partial charge in [0.05, 0.1) is 29.9 Å². The Morgan fingerprint density at radius 1 is 1.21 bits per heavy atom. The number of ketones is 1. The Bertz CT molecular complexity index is 944. The second-order valence-electron chi connectivity index (χ2n) is 6.62. The van der Waals surface area contributed by atoms with E-state index in [2.05, 4.69) is 5.32 Å². The lowest BCUT2D eigenvalue weighted by molar-refractivity contribution is -0.139. The third kappa shape index (κ3) is 3.52. The lowest BCUT2D eigenvalue weighted by atomic mass is 9.79. The maximum absolute atomic E-state index is 12.7. The molecule has 9 heteroatoms. The first-order valence-corrected chi connectivity index (χ1v) is 8.85. The van der Waals surface area contributed by atoms with Crippen molar-refractivity contribution in [1.82, 2.24) is 5.32 Å². The molecule has 3 rings (SSSR count). The molecule has 2 aliphatic heterocycles. The normalized spacial score (nSPS) is 21.5. The zero-order valence-corrected chi connectivity index (χ0v) is 15.8. The van der Waals surface area contributed by atoms with Crippen LogP contribution in [0.2, 0.25) is 0 Å². The molecule has 0 saturated heterocycles. The molecule has 0 aromatic heterocycles. The highest BCUT2D eigenvalue weighted by molar-refractivity contribution is 6.02. The number of nitrogens with one attached hydrogen (secondary N) is 1. The van der Waals surface area contributed by atoms with E-state index in [9.17, 15) is 27.6 Å². The van der Waals surface area contributed by atoms with Crippen LogP contribution in [0.4, 0.5) is 13.2 Å². The van der Waals surface area contributed by atoms with Crippen molar-refractivity contribution in [2.75, 3.05) is 7.11 Å². The number of halogens is 3. The van der Waals surface area contributed by atoms with Gasteiger partial charge in [-0.05, 0) is 18.9 Å². The highest BCUT2D eigenvalue weighted by Crippen LogP contribution is 2.43. The molecule has 0 spiro atoms. The molecule has 1 N–H and O–H groups in total. The van der Waals surface area contributed by atoms with Gasteiger partial charge in [0.1, 0.15) is 6.10 Å². The summed E-state index contributed by atoms with van der Waals surface area (Å²) in [5, 5.41) is 3.07. The molecule has 2 aliphatic rings. The second-order valence-corrected chi connectivity index (χ2v) is 6.62. The van der Waals surface area contributed by atoms with Gasteiger partial charge in [-0.2, -0.15) is 13.2 Å². The van der Waals surface area contributed by atoms with Gasteiger partial charge in [0, 0.05) is 11.3 Å². The number of dihydropyridines is 1. The van der Waals surface area contributed by atoms with E-state index in [0.717, 1.165) is 12.1 Å². The van der Waals surface area contributed by atoms with Crippen LogP contribution in [0.5, 0.6) is 0 Å². The minimum atomic E-state index is -5.00. The summed E-state index contributed by atoms with van der Waals surface area (Å²) in [5.41, 5.74) is 1.24. The smallest absolute Gasteiger partial charge is 0.454 e. The van der Waals surface area contributed by atoms with Gasteiger partial charge in [-0.3, -0.25) is 4.79 Å². The van der Waals surface area contributed by atoms with Crippen molar-refractivity contribution in [2.24, 2.45) is 0 Å². The standard InChI is InChI=1S/C20H18F3NO5/c1-4-12-14(18(26)28-3)13(15-16(24-12)9(2)29-19(15)27)10-5-7-11(8-6-10)17(25)20(21,22)23/h5-9,13,24H,4H2,1-3H3. The van der Waals surface area contributed by atoms with Crippen molar-refractivity contribution in [3.63, 3.8) is 0 Å². The first-order chi connectivity index (χ1) is 13.6. The SMILES string of the molecule is CCC1=C(C(=O)OC)C(c2ccc(C(=O)C(F)(F)F)cc2)C2=C(N1)C(C)OC2=O. The van der Waals surface area contributed by atoms with E-state index in [-0.39, 0.29) is 11.1 Å². The fourth-order valence-corrected chi connectivity index (χ4v) is 3.56. The van der Waals surface area contributed by atoms with Crippen molar-refractivity contribution in [3.8, 4) is 0 Å². The van der Waals surface area contributed by atoms with E-state index >= 15 is 0 Å². The number of allylic oxidation sites excluding steroid dienone is 1. The van der Waals surface area contributed by atoms with Gasteiger partial charge in [0.2, 0.25) is 0 Å². The molecule has 0 saturated carbocycles. The van der Waals surface area contributed by atoms with Crippen LogP contribution in [0.25, 0.3) is 0 Å². The van der Waals surface area contributed by atoms with Gasteiger partial charge in [0.15, 0.2) is 0 Å². The Morgan fingerprint density at radius 2 is 1.83 bits per heavy atom. The molecular formula is C20H18F3NO5. The molecule has 1 aromatic rings. The van der Waals surface area contributed by atoms with Crippen molar-refractivity contribution < 1.29 is 37.0 Å². The van der Waals surface area contributed by atoms with E-state index in [0.29, 0.717) is 23.4 Å². The largest absolute Gasteiger partial charge is 0.466 e. The van der Waals surface area contributed by atoms with Crippen molar-refractivity contribution in [1.29, 1.82) is 0 Å². The van der Waals surface area contributed by atoms with Gasteiger partial charge >= 0.3 is 18.1 Å². The Labute approximate surface area is 164 Å². The molecule has 0 fully saturated rings. The third-order valence-electron chi connectivity index (χ3n) is 4.91. The van der Waals surface area contributed by atoms with Crippen molar-refractivity contribution in [3.05, 3.63) is 57.9 Å². The summed E-state index contributed by atoms with van der Waals surface area (Å²) in [7, 11) is 1.20. The first-order valence-electron chi connectivity index (χ1n) is 8.85. The topological polar surface area (TPSA) is 81.7 Å². The molecule has 0 bridgehead atoms. The van der Waals surface area contributed by atoms with Gasteiger partial charge in [-0.1, -0.05) is 31.2 Å². The number of cyclic esters (lactones) is 1. The Hall–Kier alpha value is -3.10. The number of ether oxygens (including phenoxy) is 2. The molecule has 0 amide bonds. The van der Waals surface area contributed by atoms with Gasteiger partial charge in [0.25, 0.3) is 5.78 Å². The summed E-state index contributed by atoms with van der Waals surface area (Å²) in [5.74, 6) is -4.16. The monoisotopic (exact) mass is 409 g/mol. The molecule has 2 atom stereocenters. The van der Waals surface area contributed by atoms with Gasteiger partial charge in [-0.25, -0.2) is 9.59 Å². The molecule has 29 heavy (non-hydrogen) atoms. The molecule has 2 heterocycles. The summed E-state index contributed by atoms with van der Waals surface area (Å²) in [6.45, 7) is 3.48. The van der Waals surface area contributed by atoms with Crippen molar-refractivity contribution in [2.45, 2.75) is 38.5 Å². The van der Waals surface area contributed by atoms with Crippen molar-refractivity contribution >= 4 is 17.7 Å². The summed E-state index contributed by atoms with van der Waals surface area (Å²) in [6, 6.07) is 4.65. The lowest BCUT2D eigenvalue weighted by Gasteiger charge is -2.29. The minimum Gasteiger partial charge on any atom is -0.466 e. The predicted octanol–water partition coefficient (Wildman–Crippen LogP) is 3.15. The summed E-state index contributed by atoms with van der Waals surface area (Å²) < 4.78 is 48.2. The number of methoxy groups -OCH3 is 1. The van der Waals surface area contributed by atoms with Crippen LogP contribution in [-0.2, 0) is 19.1 Å². The molecule has 154 valence electrons. The quantitative estimate of drug-likeness (QED) is 0.608. The van der Waals surface area contributed by atoms with Crippen LogP contribution >= 0.6 is 0 Å². The van der Waals surface area contributed by atoms with Crippen LogP contribution in [0, 0.1) is 0 Å². The molecule has 0 aliphatic carbocycles. The Balaban J connectivity index is 2.14. The number of rotatable bonds is 4. The number of hydrogen-bond donors (Lipinski definition) is 1. The third-order valence-corrected chi connectivity index (χ3v) is 4.91. The van der Waals surface area contributed by atoms with Crippen LogP contribution in [-0.4, -0.2) is 37.1 Å². The highest BCUT2D eigenvalue weighted by atomic mass is 19.4. The van der Waals surface area contributed by atoms with Crippen LogP contribution in [0.15, 0.2) is 46.8 Å². The Kier molecular flexibility index (Phi) is 5.25. The zero-order valence-electron chi connectivity index (χ0n) is 15.8.